The van der Waals surface area contributed by atoms with Crippen LogP contribution in [-0.4, -0.2) is 59.5 Å². The SMILES string of the molecule is CNC(=O)[C@H](Cc1ccccc1)NC(=O)C(CC(C)C)NC(=O)C(S)CCCNC(=O)c1ccccn1. The topological polar surface area (TPSA) is 129 Å². The van der Waals surface area contributed by atoms with Crippen LogP contribution in [0.2, 0.25) is 0 Å². The molecule has 0 saturated carbocycles. The third-order valence-electron chi connectivity index (χ3n) is 5.64. The molecule has 2 aromatic rings. The first-order valence-corrected chi connectivity index (χ1v) is 13.0. The monoisotopic (exact) mass is 527 g/mol. The number of nitrogens with zero attached hydrogens (tertiary/aromatic N) is 1. The van der Waals surface area contributed by atoms with Gasteiger partial charge >= 0.3 is 0 Å². The van der Waals surface area contributed by atoms with Crippen molar-refractivity contribution in [3.8, 4) is 0 Å². The standard InChI is InChI=1S/C27H37N5O4S/c1-18(2)16-21(26(35)31-22(24(33)28-3)17-19-10-5-4-6-11-19)32-27(36)23(37)13-9-15-30-25(34)20-12-7-8-14-29-20/h4-8,10-12,14,18,21-23,37H,9,13,15-17H2,1-3H3,(H,28,33)(H,30,34)(H,31,35)(H,32,36)/t21?,22-,23?/m0/s1. The first-order chi connectivity index (χ1) is 17.7. The molecule has 37 heavy (non-hydrogen) atoms. The van der Waals surface area contributed by atoms with Gasteiger partial charge in [-0.05, 0) is 42.9 Å². The third-order valence-corrected chi connectivity index (χ3v) is 6.13. The van der Waals surface area contributed by atoms with E-state index in [9.17, 15) is 19.2 Å². The minimum Gasteiger partial charge on any atom is -0.357 e. The van der Waals surface area contributed by atoms with Crippen molar-refractivity contribution in [1.82, 2.24) is 26.3 Å². The zero-order valence-corrected chi connectivity index (χ0v) is 22.5. The van der Waals surface area contributed by atoms with Gasteiger partial charge < -0.3 is 21.3 Å². The molecule has 9 nitrogen and oxygen atoms in total. The highest BCUT2D eigenvalue weighted by atomic mass is 32.1. The fourth-order valence-electron chi connectivity index (χ4n) is 3.69. The lowest BCUT2D eigenvalue weighted by Crippen LogP contribution is -2.55. The molecule has 4 amide bonds. The molecule has 200 valence electrons. The number of carbonyl (C=O) groups excluding carboxylic acids is 4. The van der Waals surface area contributed by atoms with E-state index < -0.39 is 23.2 Å². The van der Waals surface area contributed by atoms with E-state index in [1.807, 2.05) is 44.2 Å². The summed E-state index contributed by atoms with van der Waals surface area (Å²) in [7, 11) is 1.52. The smallest absolute Gasteiger partial charge is 0.269 e. The van der Waals surface area contributed by atoms with Crippen LogP contribution in [0.3, 0.4) is 0 Å². The van der Waals surface area contributed by atoms with Gasteiger partial charge in [0.05, 0.1) is 5.25 Å². The maximum atomic E-state index is 13.1. The Bertz CT molecular complexity index is 1020. The van der Waals surface area contributed by atoms with Gasteiger partial charge in [-0.25, -0.2) is 0 Å². The van der Waals surface area contributed by atoms with E-state index in [1.54, 1.807) is 24.4 Å². The quantitative estimate of drug-likeness (QED) is 0.189. The van der Waals surface area contributed by atoms with Gasteiger partial charge in [-0.2, -0.15) is 12.6 Å². The van der Waals surface area contributed by atoms with Crippen LogP contribution in [0.1, 0.15) is 49.2 Å². The molecule has 1 aromatic heterocycles. The highest BCUT2D eigenvalue weighted by Crippen LogP contribution is 2.11. The predicted molar refractivity (Wildman–Crippen MR) is 146 cm³/mol. The summed E-state index contributed by atoms with van der Waals surface area (Å²) < 4.78 is 0. The van der Waals surface area contributed by atoms with Gasteiger partial charge in [0.25, 0.3) is 5.91 Å². The molecule has 1 heterocycles. The normalized spacial score (nSPS) is 13.2. The second-order valence-electron chi connectivity index (χ2n) is 9.18. The van der Waals surface area contributed by atoms with Gasteiger partial charge in [0, 0.05) is 26.2 Å². The molecule has 10 heteroatoms. The summed E-state index contributed by atoms with van der Waals surface area (Å²) in [5.74, 6) is -1.26. The average Bonchev–Trinajstić information content (AvgIpc) is 2.90. The van der Waals surface area contributed by atoms with Crippen LogP contribution < -0.4 is 21.3 Å². The van der Waals surface area contributed by atoms with Crippen LogP contribution in [0, 0.1) is 5.92 Å². The lowest BCUT2D eigenvalue weighted by Gasteiger charge is -2.25. The fourth-order valence-corrected chi connectivity index (χ4v) is 3.95. The largest absolute Gasteiger partial charge is 0.357 e. The van der Waals surface area contributed by atoms with E-state index in [-0.39, 0.29) is 23.6 Å². The maximum Gasteiger partial charge on any atom is 0.269 e. The summed E-state index contributed by atoms with van der Waals surface area (Å²) in [6, 6.07) is 12.9. The molecule has 2 unspecified atom stereocenters. The lowest BCUT2D eigenvalue weighted by molar-refractivity contribution is -0.132. The van der Waals surface area contributed by atoms with E-state index in [4.69, 9.17) is 0 Å². The Labute approximate surface area is 224 Å². The van der Waals surface area contributed by atoms with E-state index in [0.717, 1.165) is 5.56 Å². The number of thiol groups is 1. The Balaban J connectivity index is 1.91. The van der Waals surface area contributed by atoms with Crippen molar-refractivity contribution in [2.75, 3.05) is 13.6 Å². The van der Waals surface area contributed by atoms with Crippen LogP contribution in [0.4, 0.5) is 0 Å². The highest BCUT2D eigenvalue weighted by Gasteiger charge is 2.28. The van der Waals surface area contributed by atoms with Gasteiger partial charge in [-0.3, -0.25) is 24.2 Å². The molecule has 0 aliphatic carbocycles. The molecular weight excluding hydrogens is 490 g/mol. The lowest BCUT2D eigenvalue weighted by atomic mass is 10.0. The Morgan fingerprint density at radius 1 is 0.892 bits per heavy atom. The number of pyridine rings is 1. The minimum absolute atomic E-state index is 0.129. The zero-order chi connectivity index (χ0) is 27.2. The minimum atomic E-state index is -0.811. The number of hydrogen-bond donors (Lipinski definition) is 5. The van der Waals surface area contributed by atoms with Crippen molar-refractivity contribution in [3.63, 3.8) is 0 Å². The second kappa shape index (κ2) is 15.7. The van der Waals surface area contributed by atoms with E-state index >= 15 is 0 Å². The van der Waals surface area contributed by atoms with Crippen molar-refractivity contribution in [1.29, 1.82) is 0 Å². The second-order valence-corrected chi connectivity index (χ2v) is 9.81. The van der Waals surface area contributed by atoms with Gasteiger partial charge in [-0.1, -0.05) is 50.2 Å². The average molecular weight is 528 g/mol. The van der Waals surface area contributed by atoms with E-state index in [2.05, 4.69) is 38.9 Å². The van der Waals surface area contributed by atoms with Crippen molar-refractivity contribution >= 4 is 36.3 Å². The Hall–Kier alpha value is -3.40. The van der Waals surface area contributed by atoms with E-state index in [1.165, 1.54) is 7.05 Å². The van der Waals surface area contributed by atoms with Gasteiger partial charge in [0.1, 0.15) is 17.8 Å². The molecule has 0 spiro atoms. The van der Waals surface area contributed by atoms with Gasteiger partial charge in [-0.15, -0.1) is 0 Å². The summed E-state index contributed by atoms with van der Waals surface area (Å²) in [6.07, 6.45) is 3.21. The van der Waals surface area contributed by atoms with E-state index in [0.29, 0.717) is 37.9 Å². The third kappa shape index (κ3) is 10.6. The van der Waals surface area contributed by atoms with Gasteiger partial charge in [0.15, 0.2) is 0 Å². The molecule has 0 fully saturated rings. The summed E-state index contributed by atoms with van der Waals surface area (Å²) in [4.78, 5) is 54.5. The summed E-state index contributed by atoms with van der Waals surface area (Å²) in [5, 5.41) is 10.3. The number of likely N-dealkylation sites (N-methyl/N-ethyl adjacent to an activating group) is 1. The van der Waals surface area contributed by atoms with Crippen molar-refractivity contribution < 1.29 is 19.2 Å². The number of benzene rings is 1. The summed E-state index contributed by atoms with van der Waals surface area (Å²) >= 11 is 4.40. The van der Waals surface area contributed by atoms with Crippen molar-refractivity contribution in [2.24, 2.45) is 5.92 Å². The zero-order valence-electron chi connectivity index (χ0n) is 21.6. The van der Waals surface area contributed by atoms with Crippen molar-refractivity contribution in [3.05, 3.63) is 66.0 Å². The van der Waals surface area contributed by atoms with Crippen molar-refractivity contribution in [2.45, 2.75) is 56.9 Å². The Morgan fingerprint density at radius 2 is 1.57 bits per heavy atom. The molecule has 0 radical (unpaired) electrons. The van der Waals surface area contributed by atoms with Gasteiger partial charge in [0.2, 0.25) is 17.7 Å². The maximum absolute atomic E-state index is 13.1. The Kier molecular flexibility index (Phi) is 12.6. The van der Waals surface area contributed by atoms with Crippen LogP contribution in [0.5, 0.6) is 0 Å². The molecule has 0 saturated heterocycles. The van der Waals surface area contributed by atoms with Crippen LogP contribution >= 0.6 is 12.6 Å². The van der Waals surface area contributed by atoms with Crippen LogP contribution in [-0.2, 0) is 20.8 Å². The summed E-state index contributed by atoms with van der Waals surface area (Å²) in [6.45, 7) is 4.27. The molecule has 0 aliphatic heterocycles. The first kappa shape index (κ1) is 29.8. The van der Waals surface area contributed by atoms with Crippen LogP contribution in [0.15, 0.2) is 54.7 Å². The van der Waals surface area contributed by atoms with Crippen LogP contribution in [0.25, 0.3) is 0 Å². The Morgan fingerprint density at radius 3 is 2.19 bits per heavy atom. The molecular formula is C27H37N5O4S. The number of rotatable bonds is 14. The molecule has 0 bridgehead atoms. The number of hydrogen-bond acceptors (Lipinski definition) is 6. The molecule has 1 aromatic carbocycles. The highest BCUT2D eigenvalue weighted by molar-refractivity contribution is 7.81. The molecule has 3 atom stereocenters. The number of aromatic nitrogens is 1. The summed E-state index contributed by atoms with van der Waals surface area (Å²) in [5.41, 5.74) is 1.24. The fraction of sp³-hybridized carbons (Fsp3) is 0.444. The molecule has 2 rings (SSSR count). The first-order valence-electron chi connectivity index (χ1n) is 12.4. The number of amides is 4. The number of carbonyl (C=O) groups is 4. The predicted octanol–water partition coefficient (Wildman–Crippen LogP) is 1.89. The number of nitrogens with one attached hydrogen (secondary N) is 4. The molecule has 0 aliphatic rings. The molecule has 4 N–H and O–H groups in total.